The van der Waals surface area contributed by atoms with Crippen LogP contribution in [0.4, 0.5) is 0 Å². The summed E-state index contributed by atoms with van der Waals surface area (Å²) in [6.45, 7) is 0. The van der Waals surface area contributed by atoms with Gasteiger partial charge in [-0.05, 0) is 41.3 Å². The van der Waals surface area contributed by atoms with Crippen molar-refractivity contribution < 1.29 is 5.11 Å². The molecular formula is C14H14OS. The first-order chi connectivity index (χ1) is 7.86. The lowest BCUT2D eigenvalue weighted by molar-refractivity contribution is 0.223. The minimum Gasteiger partial charge on any atom is -0.383 e. The Hall–Kier alpha value is -1.12. The van der Waals surface area contributed by atoms with E-state index in [0.29, 0.717) is 5.92 Å². The average Bonchev–Trinajstić information content (AvgIpc) is 3.03. The molecule has 0 aliphatic heterocycles. The molecule has 1 atom stereocenters. The van der Waals surface area contributed by atoms with Crippen LogP contribution in [-0.4, -0.2) is 5.11 Å². The molecule has 1 unspecified atom stereocenters. The number of aliphatic hydroxyl groups is 1. The first-order valence-corrected chi connectivity index (χ1v) is 6.54. The Balaban J connectivity index is 1.99. The number of thiophene rings is 1. The van der Waals surface area contributed by atoms with Crippen molar-refractivity contribution in [2.45, 2.75) is 24.9 Å². The van der Waals surface area contributed by atoms with Gasteiger partial charge in [-0.2, -0.15) is 0 Å². The van der Waals surface area contributed by atoms with E-state index in [-0.39, 0.29) is 0 Å². The van der Waals surface area contributed by atoms with Crippen LogP contribution in [0.15, 0.2) is 41.8 Å². The lowest BCUT2D eigenvalue weighted by atomic mass is 9.98. The van der Waals surface area contributed by atoms with E-state index in [4.69, 9.17) is 0 Å². The van der Waals surface area contributed by atoms with Gasteiger partial charge in [-0.1, -0.05) is 30.3 Å². The molecule has 1 fully saturated rings. The normalized spacial score (nSPS) is 17.3. The Kier molecular flexibility index (Phi) is 2.54. The van der Waals surface area contributed by atoms with Gasteiger partial charge in [0.15, 0.2) is 0 Å². The molecule has 1 nitrogen and oxygen atoms in total. The van der Waals surface area contributed by atoms with Gasteiger partial charge in [0.1, 0.15) is 6.10 Å². The molecule has 1 N–H and O–H groups in total. The summed E-state index contributed by atoms with van der Waals surface area (Å²) in [5.74, 6) is 0.686. The zero-order valence-electron chi connectivity index (χ0n) is 8.97. The predicted molar refractivity (Wildman–Crippen MR) is 66.8 cm³/mol. The molecule has 1 aromatic carbocycles. The molecule has 82 valence electrons. The molecule has 0 radical (unpaired) electrons. The zero-order valence-corrected chi connectivity index (χ0v) is 9.78. The second-order valence-corrected chi connectivity index (χ2v) is 5.30. The lowest BCUT2D eigenvalue weighted by Crippen LogP contribution is -2.01. The summed E-state index contributed by atoms with van der Waals surface area (Å²) in [4.78, 5) is 1.04. The Morgan fingerprint density at radius 3 is 2.62 bits per heavy atom. The van der Waals surface area contributed by atoms with Gasteiger partial charge < -0.3 is 5.11 Å². The molecule has 1 saturated carbocycles. The van der Waals surface area contributed by atoms with Crippen LogP contribution in [0.1, 0.15) is 40.9 Å². The molecule has 16 heavy (non-hydrogen) atoms. The van der Waals surface area contributed by atoms with E-state index in [1.807, 2.05) is 23.6 Å². The fourth-order valence-corrected chi connectivity index (χ4v) is 2.85. The van der Waals surface area contributed by atoms with Crippen LogP contribution >= 0.6 is 11.3 Å². The highest BCUT2D eigenvalue weighted by atomic mass is 32.1. The van der Waals surface area contributed by atoms with Crippen LogP contribution in [0.5, 0.6) is 0 Å². The summed E-state index contributed by atoms with van der Waals surface area (Å²) in [6, 6.07) is 12.3. The van der Waals surface area contributed by atoms with Gasteiger partial charge in [-0.3, -0.25) is 0 Å². The van der Waals surface area contributed by atoms with E-state index in [2.05, 4.69) is 18.2 Å². The Bertz CT molecular complexity index is 471. The van der Waals surface area contributed by atoms with Crippen molar-refractivity contribution >= 4 is 11.3 Å². The highest BCUT2D eigenvalue weighted by molar-refractivity contribution is 7.10. The first kappa shape index (κ1) is 10.1. The van der Waals surface area contributed by atoms with Crippen molar-refractivity contribution in [3.05, 3.63) is 57.8 Å². The molecule has 1 heterocycles. The van der Waals surface area contributed by atoms with Crippen molar-refractivity contribution in [2.75, 3.05) is 0 Å². The van der Waals surface area contributed by atoms with E-state index in [0.717, 1.165) is 10.4 Å². The number of aliphatic hydroxyl groups excluding tert-OH is 1. The molecule has 1 aromatic heterocycles. The molecule has 1 aliphatic rings. The fraction of sp³-hybridized carbons (Fsp3) is 0.286. The minimum atomic E-state index is -0.447. The smallest absolute Gasteiger partial charge is 0.113 e. The molecule has 0 amide bonds. The number of hydrogen-bond donors (Lipinski definition) is 1. The lowest BCUT2D eigenvalue weighted by Gasteiger charge is -2.13. The van der Waals surface area contributed by atoms with E-state index in [1.165, 1.54) is 18.4 Å². The van der Waals surface area contributed by atoms with Crippen molar-refractivity contribution in [3.63, 3.8) is 0 Å². The van der Waals surface area contributed by atoms with E-state index < -0.39 is 6.10 Å². The zero-order chi connectivity index (χ0) is 11.0. The van der Waals surface area contributed by atoms with Crippen molar-refractivity contribution in [1.29, 1.82) is 0 Å². The molecule has 2 aromatic rings. The van der Waals surface area contributed by atoms with Gasteiger partial charge in [0, 0.05) is 4.88 Å². The van der Waals surface area contributed by atoms with E-state index in [1.54, 1.807) is 11.3 Å². The molecule has 0 bridgehead atoms. The monoisotopic (exact) mass is 230 g/mol. The van der Waals surface area contributed by atoms with Gasteiger partial charge in [-0.15, -0.1) is 11.3 Å². The third-order valence-electron chi connectivity index (χ3n) is 3.12. The van der Waals surface area contributed by atoms with Gasteiger partial charge in [-0.25, -0.2) is 0 Å². The van der Waals surface area contributed by atoms with E-state index >= 15 is 0 Å². The average molecular weight is 230 g/mol. The summed E-state index contributed by atoms with van der Waals surface area (Å²) in [5.41, 5.74) is 2.43. The highest BCUT2D eigenvalue weighted by Crippen LogP contribution is 2.44. The summed E-state index contributed by atoms with van der Waals surface area (Å²) in [7, 11) is 0. The van der Waals surface area contributed by atoms with Gasteiger partial charge in [0.05, 0.1) is 0 Å². The van der Waals surface area contributed by atoms with Crippen molar-refractivity contribution in [1.82, 2.24) is 0 Å². The third kappa shape index (κ3) is 1.79. The predicted octanol–water partition coefficient (Wildman–Crippen LogP) is 3.71. The second-order valence-electron chi connectivity index (χ2n) is 4.32. The van der Waals surface area contributed by atoms with Gasteiger partial charge in [0.25, 0.3) is 0 Å². The number of benzene rings is 1. The highest BCUT2D eigenvalue weighted by Gasteiger charge is 2.28. The molecule has 1 aliphatic carbocycles. The fourth-order valence-electron chi connectivity index (χ4n) is 2.13. The van der Waals surface area contributed by atoms with Gasteiger partial charge >= 0.3 is 0 Å². The van der Waals surface area contributed by atoms with Crippen molar-refractivity contribution in [3.8, 4) is 0 Å². The summed E-state index contributed by atoms with van der Waals surface area (Å²) in [6.07, 6.45) is 2.10. The van der Waals surface area contributed by atoms with Gasteiger partial charge in [0.2, 0.25) is 0 Å². The Morgan fingerprint density at radius 2 is 1.94 bits per heavy atom. The third-order valence-corrected chi connectivity index (χ3v) is 4.05. The summed E-state index contributed by atoms with van der Waals surface area (Å²) in [5, 5.41) is 12.4. The summed E-state index contributed by atoms with van der Waals surface area (Å²) >= 11 is 1.62. The van der Waals surface area contributed by atoms with Crippen LogP contribution in [0, 0.1) is 0 Å². The SMILES string of the molecule is OC(c1cccs1)c1ccccc1C1CC1. The maximum absolute atomic E-state index is 10.3. The van der Waals surface area contributed by atoms with Crippen molar-refractivity contribution in [2.24, 2.45) is 0 Å². The van der Waals surface area contributed by atoms with Crippen LogP contribution in [0.25, 0.3) is 0 Å². The maximum atomic E-state index is 10.3. The molecule has 2 heteroatoms. The largest absolute Gasteiger partial charge is 0.383 e. The minimum absolute atomic E-state index is 0.447. The number of rotatable bonds is 3. The first-order valence-electron chi connectivity index (χ1n) is 5.66. The maximum Gasteiger partial charge on any atom is 0.113 e. The summed E-state index contributed by atoms with van der Waals surface area (Å²) < 4.78 is 0. The standard InChI is InChI=1S/C14H14OS/c15-14(13-6-3-9-16-13)12-5-2-1-4-11(12)10-7-8-10/h1-6,9-10,14-15H,7-8H2. The Labute approximate surface area is 99.4 Å². The van der Waals surface area contributed by atoms with Crippen LogP contribution in [0.3, 0.4) is 0 Å². The second kappa shape index (κ2) is 4.04. The van der Waals surface area contributed by atoms with Crippen LogP contribution in [0.2, 0.25) is 0 Å². The number of hydrogen-bond acceptors (Lipinski definition) is 2. The van der Waals surface area contributed by atoms with E-state index in [9.17, 15) is 5.11 Å². The van der Waals surface area contributed by atoms with Crippen LogP contribution < -0.4 is 0 Å². The topological polar surface area (TPSA) is 20.2 Å². The molecule has 0 saturated heterocycles. The van der Waals surface area contributed by atoms with Crippen LogP contribution in [-0.2, 0) is 0 Å². The molecular weight excluding hydrogens is 216 g/mol. The quantitative estimate of drug-likeness (QED) is 0.852. The molecule has 3 rings (SSSR count). The Morgan fingerprint density at radius 1 is 1.12 bits per heavy atom. The molecule has 0 spiro atoms.